The Morgan fingerprint density at radius 3 is 1.94 bits per heavy atom. The van der Waals surface area contributed by atoms with Crippen LogP contribution in [0.25, 0.3) is 0 Å². The Kier molecular flexibility index (Phi) is 14.4. The number of aliphatic hydroxyl groups is 1. The van der Waals surface area contributed by atoms with Gasteiger partial charge in [0.25, 0.3) is 0 Å². The second-order valence-corrected chi connectivity index (χ2v) is 11.9. The van der Waals surface area contributed by atoms with Crippen LogP contribution in [0.4, 0.5) is 0 Å². The van der Waals surface area contributed by atoms with Gasteiger partial charge >= 0.3 is 0 Å². The molecule has 2 rings (SSSR count). The number of rotatable bonds is 13. The molecule has 0 aliphatic carbocycles. The molecule has 1 unspecified atom stereocenters. The summed E-state index contributed by atoms with van der Waals surface area (Å²) in [6.45, 7) is 12.8. The van der Waals surface area contributed by atoms with E-state index in [0.29, 0.717) is 12.5 Å². The van der Waals surface area contributed by atoms with E-state index in [1.807, 2.05) is 52.0 Å². The Morgan fingerprint density at radius 2 is 1.47 bits per heavy atom. The number of halogens is 1. The highest BCUT2D eigenvalue weighted by Crippen LogP contribution is 2.23. The predicted molar refractivity (Wildman–Crippen MR) is 148 cm³/mol. The number of carbonyl (C=O) groups is 1. The van der Waals surface area contributed by atoms with Crippen LogP contribution in [0.1, 0.15) is 103 Å². The van der Waals surface area contributed by atoms with Crippen molar-refractivity contribution < 1.29 is 14.6 Å². The number of Topliss-reactive ketones (excluding diaryl/α,β-unsaturated/α-hetero) is 1. The second-order valence-electron chi connectivity index (χ2n) is 9.93. The van der Waals surface area contributed by atoms with Crippen molar-refractivity contribution in [3.8, 4) is 5.75 Å². The number of ether oxygens (including phenoxy) is 1. The summed E-state index contributed by atoms with van der Waals surface area (Å²) in [5.41, 5.74) is 3.51. The summed E-state index contributed by atoms with van der Waals surface area (Å²) >= 11 is 3.29. The van der Waals surface area contributed by atoms with Crippen molar-refractivity contribution >= 4 is 21.7 Å². The Balaban J connectivity index is 0.000000546. The molecule has 3 nitrogen and oxygen atoms in total. The summed E-state index contributed by atoms with van der Waals surface area (Å²) in [6, 6.07) is 16.4. The first-order valence-corrected chi connectivity index (χ1v) is 13.5. The lowest BCUT2D eigenvalue weighted by Gasteiger charge is -2.16. The van der Waals surface area contributed by atoms with Crippen LogP contribution in [0.3, 0.4) is 0 Å². The van der Waals surface area contributed by atoms with E-state index in [4.69, 9.17) is 9.84 Å². The van der Waals surface area contributed by atoms with Crippen LogP contribution >= 0.6 is 15.9 Å². The maximum atomic E-state index is 11.1. The van der Waals surface area contributed by atoms with Gasteiger partial charge in [0, 0.05) is 5.92 Å². The smallest absolute Gasteiger partial charge is 0.151 e. The van der Waals surface area contributed by atoms with E-state index in [9.17, 15) is 4.79 Å². The van der Waals surface area contributed by atoms with Crippen molar-refractivity contribution in [2.75, 3.05) is 0 Å². The van der Waals surface area contributed by atoms with E-state index in [2.05, 4.69) is 54.0 Å². The molecule has 2 aromatic carbocycles. The molecule has 0 aliphatic heterocycles. The number of benzene rings is 2. The molecule has 0 aromatic heterocycles. The fourth-order valence-electron chi connectivity index (χ4n) is 3.71. The molecule has 1 N–H and O–H groups in total. The molecule has 2 aromatic rings. The van der Waals surface area contributed by atoms with Crippen molar-refractivity contribution in [3.63, 3.8) is 0 Å². The molecule has 4 heteroatoms. The predicted octanol–water partition coefficient (Wildman–Crippen LogP) is 8.61. The normalized spacial score (nSPS) is 12.1. The van der Waals surface area contributed by atoms with E-state index in [0.717, 1.165) is 11.3 Å². The number of alkyl halides is 1. The molecule has 34 heavy (non-hydrogen) atoms. The second kappa shape index (κ2) is 16.1. The van der Waals surface area contributed by atoms with Gasteiger partial charge in [-0.2, -0.15) is 0 Å². The molecule has 190 valence electrons. The minimum Gasteiger partial charge on any atom is -0.489 e. The molecule has 0 saturated heterocycles. The van der Waals surface area contributed by atoms with E-state index < -0.39 is 0 Å². The van der Waals surface area contributed by atoms with E-state index in [1.165, 1.54) is 49.7 Å². The van der Waals surface area contributed by atoms with Crippen LogP contribution in [0.15, 0.2) is 48.5 Å². The monoisotopic (exact) mass is 532 g/mol. The van der Waals surface area contributed by atoms with E-state index in [-0.39, 0.29) is 22.6 Å². The third-order valence-electron chi connectivity index (χ3n) is 5.91. The number of carbonyl (C=O) groups excluding carboxylic acids is 1. The Morgan fingerprint density at radius 1 is 0.912 bits per heavy atom. The third kappa shape index (κ3) is 12.2. The van der Waals surface area contributed by atoms with Crippen molar-refractivity contribution in [2.45, 2.75) is 104 Å². The van der Waals surface area contributed by atoms with Gasteiger partial charge in [-0.05, 0) is 55.0 Å². The minimum absolute atomic E-state index is 0.0680. The van der Waals surface area contributed by atoms with Crippen LogP contribution in [-0.2, 0) is 18.0 Å². The average molecular weight is 534 g/mol. The van der Waals surface area contributed by atoms with Crippen molar-refractivity contribution in [3.05, 3.63) is 65.2 Å². The molecule has 0 aliphatic rings. The van der Waals surface area contributed by atoms with Gasteiger partial charge in [-0.15, -0.1) is 0 Å². The van der Waals surface area contributed by atoms with Gasteiger partial charge in [-0.25, -0.2) is 0 Å². The highest BCUT2D eigenvalue weighted by molar-refractivity contribution is 9.10. The van der Waals surface area contributed by atoms with E-state index in [1.54, 1.807) is 0 Å². The fourth-order valence-corrected chi connectivity index (χ4v) is 4.17. The first-order chi connectivity index (χ1) is 16.1. The molecule has 0 fully saturated rings. The molecule has 1 atom stereocenters. The topological polar surface area (TPSA) is 46.5 Å². The quantitative estimate of drug-likeness (QED) is 0.207. The highest BCUT2D eigenvalue weighted by atomic mass is 79.9. The summed E-state index contributed by atoms with van der Waals surface area (Å²) in [5, 5.41) is 9.06. The average Bonchev–Trinajstić information content (AvgIpc) is 2.82. The van der Waals surface area contributed by atoms with Gasteiger partial charge in [0.1, 0.15) is 12.4 Å². The number of hydrogen-bond donors (Lipinski definition) is 1. The maximum absolute atomic E-state index is 11.1. The van der Waals surface area contributed by atoms with E-state index >= 15 is 0 Å². The zero-order valence-electron chi connectivity index (χ0n) is 22.1. The van der Waals surface area contributed by atoms with Crippen molar-refractivity contribution in [1.29, 1.82) is 0 Å². The number of unbranched alkanes of at least 4 members (excludes halogenated alkanes) is 4. The molecular formula is C30H45BrO3. The van der Waals surface area contributed by atoms with Gasteiger partial charge < -0.3 is 9.84 Å². The lowest BCUT2D eigenvalue weighted by atomic mass is 9.94. The lowest BCUT2D eigenvalue weighted by Crippen LogP contribution is -2.28. The maximum Gasteiger partial charge on any atom is 0.151 e. The molecule has 0 heterocycles. The van der Waals surface area contributed by atoms with Gasteiger partial charge in [0.05, 0.1) is 10.9 Å². The van der Waals surface area contributed by atoms with Gasteiger partial charge in [0.2, 0.25) is 0 Å². The fraction of sp³-hybridized carbons (Fsp3) is 0.567. The Labute approximate surface area is 216 Å². The van der Waals surface area contributed by atoms with Crippen LogP contribution in [0.5, 0.6) is 5.75 Å². The number of aliphatic hydroxyl groups excluding tert-OH is 1. The molecule has 0 spiro atoms. The molecule has 0 saturated carbocycles. The number of hydrogen-bond acceptors (Lipinski definition) is 3. The summed E-state index contributed by atoms with van der Waals surface area (Å²) < 4.78 is 5.47. The first-order valence-electron chi connectivity index (χ1n) is 12.7. The van der Waals surface area contributed by atoms with Crippen molar-refractivity contribution in [2.24, 2.45) is 5.92 Å². The van der Waals surface area contributed by atoms with Gasteiger partial charge in [0.15, 0.2) is 5.78 Å². The molecular weight excluding hydrogens is 488 g/mol. The zero-order valence-corrected chi connectivity index (χ0v) is 23.7. The number of ketones is 1. The van der Waals surface area contributed by atoms with Gasteiger partial charge in [-0.1, -0.05) is 112 Å². The first kappa shape index (κ1) is 30.4. The van der Waals surface area contributed by atoms with Crippen LogP contribution in [-0.4, -0.2) is 15.2 Å². The Bertz CT molecular complexity index is 804. The highest BCUT2D eigenvalue weighted by Gasteiger charge is 2.25. The SMILES string of the molecule is CC(C)C(=O)C(C)(C)Br.CCCCCCCC(C)c1ccc(COc2ccc(CO)cc2)cc1. The zero-order chi connectivity index (χ0) is 25.6. The molecule has 0 radical (unpaired) electrons. The van der Waals surface area contributed by atoms with Crippen LogP contribution in [0, 0.1) is 5.92 Å². The van der Waals surface area contributed by atoms with Crippen LogP contribution < -0.4 is 4.74 Å². The van der Waals surface area contributed by atoms with Crippen LogP contribution in [0.2, 0.25) is 0 Å². The lowest BCUT2D eigenvalue weighted by molar-refractivity contribution is -0.123. The molecule has 0 amide bonds. The summed E-state index contributed by atoms with van der Waals surface area (Å²) in [6.07, 6.45) is 8.01. The van der Waals surface area contributed by atoms with Crippen molar-refractivity contribution in [1.82, 2.24) is 0 Å². The van der Waals surface area contributed by atoms with Gasteiger partial charge in [-0.3, -0.25) is 4.79 Å². The largest absolute Gasteiger partial charge is 0.489 e. The Hall–Kier alpha value is -1.65. The minimum atomic E-state index is -0.346. The molecule has 0 bridgehead atoms. The summed E-state index contributed by atoms with van der Waals surface area (Å²) in [7, 11) is 0. The third-order valence-corrected chi connectivity index (χ3v) is 6.30. The summed E-state index contributed by atoms with van der Waals surface area (Å²) in [4.78, 5) is 11.1. The standard InChI is InChI=1S/C23H32O2.C7H13BrO/c1-3-4-5-6-7-8-19(2)22-13-9-21(10-14-22)18-25-23-15-11-20(17-24)12-16-23;1-5(2)6(9)7(3,4)8/h9-16,19,24H,3-8,17-18H2,1-2H3;5H,1-4H3. The summed E-state index contributed by atoms with van der Waals surface area (Å²) in [5.74, 6) is 1.84.